The van der Waals surface area contributed by atoms with Crippen LogP contribution < -0.4 is 5.32 Å². The Bertz CT molecular complexity index is 268. The monoisotopic (exact) mass is 284 g/mol. The third kappa shape index (κ3) is 4.44. The van der Waals surface area contributed by atoms with E-state index in [0.717, 1.165) is 25.6 Å². The summed E-state index contributed by atoms with van der Waals surface area (Å²) in [6.45, 7) is 12.5. The molecule has 0 saturated heterocycles. The first-order valence-electron chi connectivity index (χ1n) is 8.40. The van der Waals surface area contributed by atoms with Crippen LogP contribution >= 0.6 is 0 Å². The molecule has 0 aromatic carbocycles. The van der Waals surface area contributed by atoms with E-state index in [1.807, 2.05) is 0 Å². The van der Waals surface area contributed by atoms with Gasteiger partial charge in [-0.15, -0.1) is 0 Å². The maximum atomic E-state index is 5.29. The smallest absolute Gasteiger partial charge is 0.0589 e. The van der Waals surface area contributed by atoms with Crippen LogP contribution in [0, 0.1) is 11.3 Å². The summed E-state index contributed by atoms with van der Waals surface area (Å²) in [4.78, 5) is 2.61. The minimum atomic E-state index is 0.470. The van der Waals surface area contributed by atoms with Crippen molar-refractivity contribution in [2.24, 2.45) is 11.3 Å². The van der Waals surface area contributed by atoms with Crippen molar-refractivity contribution in [1.29, 1.82) is 0 Å². The lowest BCUT2D eigenvalue weighted by molar-refractivity contribution is 0.0404. The van der Waals surface area contributed by atoms with E-state index in [2.05, 4.69) is 45.0 Å². The summed E-state index contributed by atoms with van der Waals surface area (Å²) in [6.07, 6.45) is 5.27. The molecule has 3 atom stereocenters. The Kier molecular flexibility index (Phi) is 7.49. The highest BCUT2D eigenvalue weighted by atomic mass is 16.5. The van der Waals surface area contributed by atoms with Crippen LogP contribution in [0.2, 0.25) is 0 Å². The topological polar surface area (TPSA) is 24.5 Å². The fourth-order valence-electron chi connectivity index (χ4n) is 3.65. The van der Waals surface area contributed by atoms with E-state index in [4.69, 9.17) is 4.74 Å². The highest BCUT2D eigenvalue weighted by Gasteiger charge is 2.38. The van der Waals surface area contributed by atoms with Crippen LogP contribution in [0.5, 0.6) is 0 Å². The molecule has 3 nitrogen and oxygen atoms in total. The lowest BCUT2D eigenvalue weighted by Gasteiger charge is -2.47. The number of nitrogens with zero attached hydrogens (tertiary/aromatic N) is 1. The van der Waals surface area contributed by atoms with E-state index in [0.29, 0.717) is 17.5 Å². The molecule has 0 radical (unpaired) electrons. The second-order valence-corrected chi connectivity index (χ2v) is 6.94. The molecule has 0 heterocycles. The summed E-state index contributed by atoms with van der Waals surface area (Å²) >= 11 is 0. The highest BCUT2D eigenvalue weighted by molar-refractivity contribution is 4.94. The van der Waals surface area contributed by atoms with Gasteiger partial charge in [-0.1, -0.05) is 34.1 Å². The SMILES string of the molecule is CCN(CCOC)C1CC(C(C)(C)CC)CCC1NC. The van der Waals surface area contributed by atoms with E-state index in [-0.39, 0.29) is 0 Å². The number of hydrogen-bond donors (Lipinski definition) is 1. The van der Waals surface area contributed by atoms with Gasteiger partial charge in [0.25, 0.3) is 0 Å². The Morgan fingerprint density at radius 3 is 2.45 bits per heavy atom. The summed E-state index contributed by atoms with van der Waals surface area (Å²) in [5.74, 6) is 0.846. The van der Waals surface area contributed by atoms with Crippen LogP contribution in [0.1, 0.15) is 53.4 Å². The van der Waals surface area contributed by atoms with Gasteiger partial charge < -0.3 is 10.1 Å². The fourth-order valence-corrected chi connectivity index (χ4v) is 3.65. The predicted molar refractivity (Wildman–Crippen MR) is 87.2 cm³/mol. The normalized spacial score (nSPS) is 28.1. The van der Waals surface area contributed by atoms with E-state index in [1.54, 1.807) is 7.11 Å². The highest BCUT2D eigenvalue weighted by Crippen LogP contribution is 2.41. The molecule has 3 heteroatoms. The summed E-state index contributed by atoms with van der Waals surface area (Å²) in [5, 5.41) is 3.55. The molecule has 0 aromatic rings. The molecule has 0 spiro atoms. The van der Waals surface area contributed by atoms with Crippen LogP contribution in [0.15, 0.2) is 0 Å². The van der Waals surface area contributed by atoms with Crippen molar-refractivity contribution >= 4 is 0 Å². The van der Waals surface area contributed by atoms with Crippen LogP contribution in [-0.4, -0.2) is 50.8 Å². The largest absolute Gasteiger partial charge is 0.383 e. The Morgan fingerprint density at radius 1 is 1.25 bits per heavy atom. The quantitative estimate of drug-likeness (QED) is 0.741. The molecule has 120 valence electrons. The molecule has 0 amide bonds. The molecule has 1 fully saturated rings. The summed E-state index contributed by atoms with van der Waals surface area (Å²) in [5.41, 5.74) is 0.470. The first-order valence-corrected chi connectivity index (χ1v) is 8.40. The maximum Gasteiger partial charge on any atom is 0.0589 e. The molecule has 0 aliphatic heterocycles. The third-order valence-electron chi connectivity index (χ3n) is 5.66. The van der Waals surface area contributed by atoms with Crippen molar-refractivity contribution < 1.29 is 4.74 Å². The van der Waals surface area contributed by atoms with Gasteiger partial charge in [-0.25, -0.2) is 0 Å². The molecule has 3 unspecified atom stereocenters. The number of hydrogen-bond acceptors (Lipinski definition) is 3. The predicted octanol–water partition coefficient (Wildman–Crippen LogP) is 3.15. The van der Waals surface area contributed by atoms with Crippen molar-refractivity contribution in [3.05, 3.63) is 0 Å². The van der Waals surface area contributed by atoms with Gasteiger partial charge in [-0.3, -0.25) is 4.90 Å². The summed E-state index contributed by atoms with van der Waals surface area (Å²) < 4.78 is 5.29. The lowest BCUT2D eigenvalue weighted by atomic mass is 9.67. The molecule has 1 rings (SSSR count). The van der Waals surface area contributed by atoms with Crippen LogP contribution in [-0.2, 0) is 4.74 Å². The van der Waals surface area contributed by atoms with Crippen molar-refractivity contribution in [2.75, 3.05) is 33.9 Å². The van der Waals surface area contributed by atoms with Crippen LogP contribution in [0.25, 0.3) is 0 Å². The van der Waals surface area contributed by atoms with Crippen LogP contribution in [0.4, 0.5) is 0 Å². The van der Waals surface area contributed by atoms with Crippen LogP contribution in [0.3, 0.4) is 0 Å². The second kappa shape index (κ2) is 8.35. The molecule has 1 aliphatic carbocycles. The average Bonchev–Trinajstić information content (AvgIpc) is 2.47. The van der Waals surface area contributed by atoms with E-state index in [9.17, 15) is 0 Å². The molecular formula is C17H36N2O. The molecule has 0 aromatic heterocycles. The summed E-state index contributed by atoms with van der Waals surface area (Å²) in [7, 11) is 3.92. The van der Waals surface area contributed by atoms with Gasteiger partial charge in [0, 0.05) is 25.7 Å². The van der Waals surface area contributed by atoms with Crippen molar-refractivity contribution in [3.63, 3.8) is 0 Å². The van der Waals surface area contributed by atoms with Crippen molar-refractivity contribution in [2.45, 2.75) is 65.5 Å². The zero-order valence-corrected chi connectivity index (χ0v) is 14.5. The second-order valence-electron chi connectivity index (χ2n) is 6.94. The molecule has 0 bridgehead atoms. The molecule has 1 N–H and O–H groups in total. The van der Waals surface area contributed by atoms with E-state index < -0.39 is 0 Å². The Hall–Kier alpha value is -0.120. The van der Waals surface area contributed by atoms with Gasteiger partial charge in [-0.05, 0) is 44.2 Å². The average molecular weight is 284 g/mol. The minimum Gasteiger partial charge on any atom is -0.383 e. The van der Waals surface area contributed by atoms with Gasteiger partial charge >= 0.3 is 0 Å². The van der Waals surface area contributed by atoms with E-state index in [1.165, 1.54) is 25.7 Å². The zero-order chi connectivity index (χ0) is 15.2. The minimum absolute atomic E-state index is 0.470. The van der Waals surface area contributed by atoms with E-state index >= 15 is 0 Å². The third-order valence-corrected chi connectivity index (χ3v) is 5.66. The molecular weight excluding hydrogens is 248 g/mol. The first kappa shape index (κ1) is 17.9. The number of nitrogens with one attached hydrogen (secondary N) is 1. The number of methoxy groups -OCH3 is 1. The molecule has 1 aliphatic rings. The molecule has 1 saturated carbocycles. The molecule has 20 heavy (non-hydrogen) atoms. The summed E-state index contributed by atoms with van der Waals surface area (Å²) in [6, 6.07) is 1.29. The number of rotatable bonds is 8. The Labute approximate surface area is 126 Å². The van der Waals surface area contributed by atoms with Gasteiger partial charge in [0.05, 0.1) is 6.61 Å². The van der Waals surface area contributed by atoms with Crippen molar-refractivity contribution in [1.82, 2.24) is 10.2 Å². The Balaban J connectivity index is 2.76. The van der Waals surface area contributed by atoms with Gasteiger partial charge in [0.15, 0.2) is 0 Å². The Morgan fingerprint density at radius 2 is 1.95 bits per heavy atom. The lowest BCUT2D eigenvalue weighted by Crippen LogP contribution is -2.54. The fraction of sp³-hybridized carbons (Fsp3) is 1.00. The van der Waals surface area contributed by atoms with Gasteiger partial charge in [-0.2, -0.15) is 0 Å². The van der Waals surface area contributed by atoms with Crippen molar-refractivity contribution in [3.8, 4) is 0 Å². The zero-order valence-electron chi connectivity index (χ0n) is 14.5. The standard InChI is InChI=1S/C17H36N2O/c1-7-17(3,4)14-9-10-15(18-5)16(13-14)19(8-2)11-12-20-6/h14-16,18H,7-13H2,1-6H3. The van der Waals surface area contributed by atoms with Gasteiger partial charge in [0.1, 0.15) is 0 Å². The number of likely N-dealkylation sites (N-methyl/N-ethyl adjacent to an activating group) is 2. The number of ether oxygens (including phenoxy) is 1. The maximum absolute atomic E-state index is 5.29. The van der Waals surface area contributed by atoms with Gasteiger partial charge in [0.2, 0.25) is 0 Å². The first-order chi connectivity index (χ1) is 9.50.